The number of ether oxygens (including phenoxy) is 1. The molecule has 7 heteroatoms. The van der Waals surface area contributed by atoms with E-state index >= 15 is 0 Å². The van der Waals surface area contributed by atoms with Crippen LogP contribution < -0.4 is 0 Å². The van der Waals surface area contributed by atoms with Crippen LogP contribution in [0.1, 0.15) is 74.5 Å². The molecule has 0 saturated heterocycles. The number of rotatable bonds is 3. The maximum Gasteiger partial charge on any atom is 0.253 e. The monoisotopic (exact) mass is 421 g/mol. The summed E-state index contributed by atoms with van der Waals surface area (Å²) in [6.07, 6.45) is 5.85. The third-order valence-corrected chi connectivity index (χ3v) is 7.30. The quantitative estimate of drug-likeness (QED) is 0.605. The molecule has 29 heavy (non-hydrogen) atoms. The lowest BCUT2D eigenvalue weighted by molar-refractivity contribution is -0.118. The van der Waals surface area contributed by atoms with E-state index in [4.69, 9.17) is 16.3 Å². The van der Waals surface area contributed by atoms with Crippen molar-refractivity contribution in [3.05, 3.63) is 40.4 Å². The second kappa shape index (κ2) is 7.62. The highest BCUT2D eigenvalue weighted by molar-refractivity contribution is 6.30. The van der Waals surface area contributed by atoms with E-state index in [1.54, 1.807) is 0 Å². The summed E-state index contributed by atoms with van der Waals surface area (Å²) in [7, 11) is 0. The van der Waals surface area contributed by atoms with Crippen molar-refractivity contribution in [3.63, 3.8) is 0 Å². The van der Waals surface area contributed by atoms with Gasteiger partial charge in [0.2, 0.25) is 0 Å². The molecule has 1 aliphatic heterocycles. The average molecular weight is 422 g/mol. The van der Waals surface area contributed by atoms with Gasteiger partial charge in [0.05, 0.1) is 12.3 Å². The second-order valence-corrected chi connectivity index (χ2v) is 9.22. The van der Waals surface area contributed by atoms with Crippen LogP contribution in [0.3, 0.4) is 0 Å². The second-order valence-electron chi connectivity index (χ2n) is 8.78. The van der Waals surface area contributed by atoms with Gasteiger partial charge in [-0.05, 0) is 56.7 Å². The average Bonchev–Trinajstić information content (AvgIpc) is 3.36. The third-order valence-electron chi connectivity index (χ3n) is 7.06. The molecule has 2 saturated carbocycles. The molecule has 2 heterocycles. The predicted octanol–water partition coefficient (Wildman–Crippen LogP) is 6.05. The molecule has 156 valence electrons. The Kier molecular flexibility index (Phi) is 5.11. The lowest BCUT2D eigenvalue weighted by atomic mass is 9.75. The Hall–Kier alpha value is -1.53. The Bertz CT molecular complexity index is 886. The molecular weight excluding hydrogens is 396 g/mol. The van der Waals surface area contributed by atoms with E-state index in [0.717, 1.165) is 48.6 Å². The lowest BCUT2D eigenvalue weighted by Gasteiger charge is -2.36. The first-order valence-electron chi connectivity index (χ1n) is 10.7. The van der Waals surface area contributed by atoms with Gasteiger partial charge in [-0.3, -0.25) is 4.57 Å². The van der Waals surface area contributed by atoms with Crippen molar-refractivity contribution in [3.8, 4) is 5.69 Å². The lowest BCUT2D eigenvalue weighted by Crippen LogP contribution is -2.37. The molecule has 5 rings (SSSR count). The number of hydrogen-bond acceptors (Lipinski definition) is 3. The molecule has 2 aliphatic carbocycles. The topological polar surface area (TPSA) is 39.9 Å². The van der Waals surface area contributed by atoms with Crippen molar-refractivity contribution in [1.29, 1.82) is 0 Å². The first-order chi connectivity index (χ1) is 14.0. The Morgan fingerprint density at radius 3 is 2.45 bits per heavy atom. The van der Waals surface area contributed by atoms with Crippen LogP contribution in [-0.2, 0) is 18.0 Å². The summed E-state index contributed by atoms with van der Waals surface area (Å²) in [6, 6.07) is 5.75. The minimum absolute atomic E-state index is 0.147. The van der Waals surface area contributed by atoms with Gasteiger partial charge in [-0.15, -0.1) is 10.2 Å². The maximum atomic E-state index is 15.0. The molecule has 2 fully saturated rings. The molecule has 0 bridgehead atoms. The fourth-order valence-electron chi connectivity index (χ4n) is 5.47. The predicted molar refractivity (Wildman–Crippen MR) is 106 cm³/mol. The Balaban J connectivity index is 1.38. The van der Waals surface area contributed by atoms with Crippen LogP contribution in [-0.4, -0.2) is 20.7 Å². The number of aromatic nitrogens is 3. The van der Waals surface area contributed by atoms with Crippen molar-refractivity contribution in [2.75, 3.05) is 0 Å². The van der Waals surface area contributed by atoms with E-state index < -0.39 is 17.8 Å². The highest BCUT2D eigenvalue weighted by Crippen LogP contribution is 2.49. The van der Waals surface area contributed by atoms with Gasteiger partial charge in [0, 0.05) is 28.3 Å². The van der Waals surface area contributed by atoms with Gasteiger partial charge >= 0.3 is 0 Å². The van der Waals surface area contributed by atoms with Gasteiger partial charge in [-0.2, -0.15) is 0 Å². The Morgan fingerprint density at radius 2 is 1.69 bits per heavy atom. The van der Waals surface area contributed by atoms with Gasteiger partial charge in [0.1, 0.15) is 12.4 Å². The van der Waals surface area contributed by atoms with Crippen LogP contribution >= 0.6 is 11.6 Å². The minimum atomic E-state index is -2.53. The molecule has 0 amide bonds. The fraction of sp³-hybridized carbons (Fsp3) is 0.636. The van der Waals surface area contributed by atoms with Crippen LogP contribution in [0.15, 0.2) is 18.2 Å². The molecule has 1 aromatic carbocycles. The van der Waals surface area contributed by atoms with Crippen LogP contribution in [0.2, 0.25) is 5.02 Å². The number of fused-ring (bicyclic) bond motifs is 3. The van der Waals surface area contributed by atoms with Crippen molar-refractivity contribution in [2.24, 2.45) is 11.8 Å². The number of alkyl halides is 2. The summed E-state index contributed by atoms with van der Waals surface area (Å²) in [4.78, 5) is 0. The van der Waals surface area contributed by atoms with Gasteiger partial charge in [0.15, 0.2) is 5.82 Å². The number of benzene rings is 1. The smallest absolute Gasteiger partial charge is 0.253 e. The molecular formula is C22H26ClF2N3O. The molecule has 2 aromatic rings. The van der Waals surface area contributed by atoms with Crippen molar-refractivity contribution in [1.82, 2.24) is 14.8 Å². The SMILES string of the molecule is FC(F)(C1CCCC1)[C@H]1CC[C@H](c2nnc3n2-c2ccc(Cl)cc2COC3)CC1. The maximum absolute atomic E-state index is 15.0. The van der Waals surface area contributed by atoms with Crippen molar-refractivity contribution in [2.45, 2.75) is 76.4 Å². The van der Waals surface area contributed by atoms with Gasteiger partial charge in [-0.1, -0.05) is 24.4 Å². The molecule has 3 aliphatic rings. The highest BCUT2D eigenvalue weighted by atomic mass is 35.5. The Morgan fingerprint density at radius 1 is 0.966 bits per heavy atom. The molecule has 0 N–H and O–H groups in total. The van der Waals surface area contributed by atoms with E-state index in [-0.39, 0.29) is 5.92 Å². The zero-order chi connectivity index (χ0) is 20.0. The number of halogens is 3. The van der Waals surface area contributed by atoms with Crippen molar-refractivity contribution < 1.29 is 13.5 Å². The zero-order valence-corrected chi connectivity index (χ0v) is 17.2. The number of hydrogen-bond donors (Lipinski definition) is 0. The van der Waals surface area contributed by atoms with Gasteiger partial charge < -0.3 is 4.74 Å². The van der Waals surface area contributed by atoms with E-state index in [1.807, 2.05) is 18.2 Å². The highest BCUT2D eigenvalue weighted by Gasteiger charge is 2.48. The largest absolute Gasteiger partial charge is 0.369 e. The van der Waals surface area contributed by atoms with Crippen LogP contribution in [0, 0.1) is 11.8 Å². The van der Waals surface area contributed by atoms with Gasteiger partial charge in [-0.25, -0.2) is 8.78 Å². The summed E-state index contributed by atoms with van der Waals surface area (Å²) in [5.74, 6) is -1.66. The van der Waals surface area contributed by atoms with Crippen molar-refractivity contribution >= 4 is 11.6 Å². The normalized spacial score (nSPS) is 25.5. The Labute approximate surface area is 174 Å². The standard InChI is InChI=1S/C22H26ClF2N3O/c23-18-9-10-19-15(11-18)12-29-13-20-26-27-21(28(19)20)14-5-7-17(8-6-14)22(24,25)16-3-1-2-4-16/h9-11,14,16-17H,1-8,12-13H2/t14-,17-. The van der Waals surface area contributed by atoms with E-state index in [9.17, 15) is 8.78 Å². The summed E-state index contributed by atoms with van der Waals surface area (Å²) in [5.41, 5.74) is 1.99. The molecule has 0 unspecified atom stereocenters. The van der Waals surface area contributed by atoms with Gasteiger partial charge in [0.25, 0.3) is 5.92 Å². The summed E-state index contributed by atoms with van der Waals surface area (Å²) in [6.45, 7) is 0.855. The summed E-state index contributed by atoms with van der Waals surface area (Å²) < 4.78 is 37.8. The molecule has 0 atom stereocenters. The summed E-state index contributed by atoms with van der Waals surface area (Å²) >= 11 is 6.16. The zero-order valence-electron chi connectivity index (χ0n) is 16.4. The molecule has 1 aromatic heterocycles. The third kappa shape index (κ3) is 3.48. The van der Waals surface area contributed by atoms with E-state index in [0.29, 0.717) is 43.9 Å². The van der Waals surface area contributed by atoms with Crippen LogP contribution in [0.25, 0.3) is 5.69 Å². The first kappa shape index (κ1) is 19.4. The summed E-state index contributed by atoms with van der Waals surface area (Å²) in [5, 5.41) is 9.48. The molecule has 0 radical (unpaired) electrons. The molecule has 4 nitrogen and oxygen atoms in total. The van der Waals surface area contributed by atoms with E-state index in [1.165, 1.54) is 0 Å². The molecule has 0 spiro atoms. The number of nitrogens with zero attached hydrogens (tertiary/aromatic N) is 3. The van der Waals surface area contributed by atoms with E-state index in [2.05, 4.69) is 14.8 Å². The first-order valence-corrected chi connectivity index (χ1v) is 11.1. The fourth-order valence-corrected chi connectivity index (χ4v) is 5.67. The minimum Gasteiger partial charge on any atom is -0.369 e. The van der Waals surface area contributed by atoms with Crippen LogP contribution in [0.5, 0.6) is 0 Å². The van der Waals surface area contributed by atoms with Crippen LogP contribution in [0.4, 0.5) is 8.78 Å².